The molecule has 0 amide bonds. The van der Waals surface area contributed by atoms with Gasteiger partial charge in [0.25, 0.3) is 0 Å². The third kappa shape index (κ3) is 1.49. The number of hydrogen-bond donors (Lipinski definition) is 2. The average Bonchev–Trinajstić information content (AvgIpc) is 1.97. The molecule has 1 aliphatic rings. The van der Waals surface area contributed by atoms with Crippen LogP contribution in [0.15, 0.2) is 0 Å². The fourth-order valence-electron chi connectivity index (χ4n) is 1.89. The Bertz CT molecular complexity index is 170. The predicted molar refractivity (Wildman–Crippen MR) is 47.0 cm³/mol. The monoisotopic (exact) mass is 173 g/mol. The van der Waals surface area contributed by atoms with Crippen LogP contribution in [0.3, 0.4) is 0 Å². The summed E-state index contributed by atoms with van der Waals surface area (Å²) in [5, 5.41) is 20.7. The van der Waals surface area contributed by atoms with Crippen LogP contribution < -0.4 is 0 Å². The quantitative estimate of drug-likeness (QED) is 0.579. The lowest BCUT2D eigenvalue weighted by atomic mass is 9.80. The molecule has 1 saturated heterocycles. The third-order valence-electron chi connectivity index (χ3n) is 3.08. The molecule has 0 spiro atoms. The fraction of sp³-hybridized carbons (Fsp3) is 1.00. The molecule has 0 aromatic carbocycles. The zero-order valence-corrected chi connectivity index (χ0v) is 8.28. The van der Waals surface area contributed by atoms with Crippen molar-refractivity contribution >= 4 is 0 Å². The highest BCUT2D eigenvalue weighted by atomic mass is 16.5. The molecule has 1 rings (SSSR count). The summed E-state index contributed by atoms with van der Waals surface area (Å²) in [4.78, 5) is 0. The number of piperidine rings is 1. The van der Waals surface area contributed by atoms with Gasteiger partial charge >= 0.3 is 0 Å². The van der Waals surface area contributed by atoms with E-state index in [1.165, 1.54) is 5.06 Å². The molecule has 1 fully saturated rings. The standard InChI is InChI=1S/C9H19NO2/c1-6-7(2)10(12)9(3,4)5-8(6)11/h6-8,11-12H,5H2,1-4H3. The zero-order valence-electron chi connectivity index (χ0n) is 8.28. The molecular formula is C9H19NO2. The molecule has 0 bridgehead atoms. The minimum atomic E-state index is -0.300. The maximum atomic E-state index is 9.72. The lowest BCUT2D eigenvalue weighted by molar-refractivity contribution is -0.238. The summed E-state index contributed by atoms with van der Waals surface area (Å²) >= 11 is 0. The normalized spacial score (nSPS) is 43.0. The van der Waals surface area contributed by atoms with Crippen LogP contribution in [0.25, 0.3) is 0 Å². The van der Waals surface area contributed by atoms with Crippen molar-refractivity contribution in [3.63, 3.8) is 0 Å². The van der Waals surface area contributed by atoms with Gasteiger partial charge in [-0.3, -0.25) is 0 Å². The minimum absolute atomic E-state index is 0.0312. The Morgan fingerprint density at radius 2 is 1.83 bits per heavy atom. The molecule has 3 atom stereocenters. The topological polar surface area (TPSA) is 43.7 Å². The number of aliphatic hydroxyl groups is 1. The molecule has 72 valence electrons. The fourth-order valence-corrected chi connectivity index (χ4v) is 1.89. The van der Waals surface area contributed by atoms with Gasteiger partial charge < -0.3 is 10.3 Å². The van der Waals surface area contributed by atoms with Crippen LogP contribution in [0.4, 0.5) is 0 Å². The molecule has 1 heterocycles. The maximum absolute atomic E-state index is 9.72. The molecule has 12 heavy (non-hydrogen) atoms. The number of hydrogen-bond acceptors (Lipinski definition) is 3. The van der Waals surface area contributed by atoms with Gasteiger partial charge in [-0.2, -0.15) is 5.06 Å². The molecule has 0 aromatic heterocycles. The van der Waals surface area contributed by atoms with Crippen LogP contribution in [-0.4, -0.2) is 33.1 Å². The Balaban J connectivity index is 2.78. The van der Waals surface area contributed by atoms with E-state index in [0.717, 1.165) is 0 Å². The van der Waals surface area contributed by atoms with E-state index in [1.807, 2.05) is 27.7 Å². The molecule has 1 aliphatic heterocycles. The first-order valence-electron chi connectivity index (χ1n) is 4.52. The minimum Gasteiger partial charge on any atom is -0.393 e. The first-order chi connectivity index (χ1) is 5.36. The summed E-state index contributed by atoms with van der Waals surface area (Å²) in [5.41, 5.74) is -0.300. The van der Waals surface area contributed by atoms with Crippen LogP contribution in [0.2, 0.25) is 0 Å². The highest BCUT2D eigenvalue weighted by Crippen LogP contribution is 2.33. The van der Waals surface area contributed by atoms with E-state index in [2.05, 4.69) is 0 Å². The van der Waals surface area contributed by atoms with Crippen molar-refractivity contribution in [3.05, 3.63) is 0 Å². The highest BCUT2D eigenvalue weighted by molar-refractivity contribution is 4.92. The summed E-state index contributed by atoms with van der Waals surface area (Å²) in [6.07, 6.45) is 0.341. The van der Waals surface area contributed by atoms with Gasteiger partial charge in [0, 0.05) is 11.6 Å². The van der Waals surface area contributed by atoms with Crippen molar-refractivity contribution in [2.45, 2.75) is 51.8 Å². The predicted octanol–water partition coefficient (Wildman–Crippen LogP) is 1.25. The zero-order chi connectivity index (χ0) is 9.52. The smallest absolute Gasteiger partial charge is 0.0599 e. The van der Waals surface area contributed by atoms with E-state index in [1.54, 1.807) is 0 Å². The molecule has 3 nitrogen and oxygen atoms in total. The number of hydroxylamine groups is 2. The van der Waals surface area contributed by atoms with Crippen molar-refractivity contribution in [2.75, 3.05) is 0 Å². The summed E-state index contributed by atoms with van der Waals surface area (Å²) in [7, 11) is 0. The van der Waals surface area contributed by atoms with Crippen LogP contribution in [0.1, 0.15) is 34.1 Å². The Labute approximate surface area is 74.0 Å². The van der Waals surface area contributed by atoms with E-state index >= 15 is 0 Å². The molecule has 0 radical (unpaired) electrons. The first kappa shape index (κ1) is 9.96. The third-order valence-corrected chi connectivity index (χ3v) is 3.08. The molecule has 3 heteroatoms. The number of aliphatic hydroxyl groups excluding tert-OH is 1. The van der Waals surface area contributed by atoms with Gasteiger partial charge in [0.05, 0.1) is 6.10 Å². The Kier molecular flexibility index (Phi) is 2.47. The van der Waals surface area contributed by atoms with E-state index in [-0.39, 0.29) is 23.6 Å². The van der Waals surface area contributed by atoms with Crippen LogP contribution in [0, 0.1) is 5.92 Å². The van der Waals surface area contributed by atoms with Crippen molar-refractivity contribution in [3.8, 4) is 0 Å². The Morgan fingerprint density at radius 1 is 1.33 bits per heavy atom. The first-order valence-corrected chi connectivity index (χ1v) is 4.52. The van der Waals surface area contributed by atoms with Gasteiger partial charge in [0.15, 0.2) is 0 Å². The lowest BCUT2D eigenvalue weighted by Crippen LogP contribution is -2.57. The van der Waals surface area contributed by atoms with Gasteiger partial charge in [-0.15, -0.1) is 0 Å². The maximum Gasteiger partial charge on any atom is 0.0599 e. The summed E-state index contributed by atoms with van der Waals surface area (Å²) < 4.78 is 0. The second-order valence-corrected chi connectivity index (χ2v) is 4.53. The molecule has 2 N–H and O–H groups in total. The van der Waals surface area contributed by atoms with Gasteiger partial charge in [-0.05, 0) is 33.1 Å². The lowest BCUT2D eigenvalue weighted by Gasteiger charge is -2.47. The van der Waals surface area contributed by atoms with E-state index < -0.39 is 0 Å². The SMILES string of the molecule is CC1C(O)CC(C)(C)N(O)C1C. The number of rotatable bonds is 0. The molecule has 0 aliphatic carbocycles. The highest BCUT2D eigenvalue weighted by Gasteiger charge is 2.41. The summed E-state index contributed by atoms with van der Waals surface area (Å²) in [5.74, 6) is 0.142. The molecular weight excluding hydrogens is 154 g/mol. The van der Waals surface area contributed by atoms with Crippen LogP contribution in [0.5, 0.6) is 0 Å². The van der Waals surface area contributed by atoms with Crippen molar-refractivity contribution in [1.82, 2.24) is 5.06 Å². The van der Waals surface area contributed by atoms with E-state index in [9.17, 15) is 10.3 Å². The van der Waals surface area contributed by atoms with E-state index in [4.69, 9.17) is 0 Å². The average molecular weight is 173 g/mol. The molecule has 0 saturated carbocycles. The Morgan fingerprint density at radius 3 is 2.33 bits per heavy atom. The largest absolute Gasteiger partial charge is 0.393 e. The van der Waals surface area contributed by atoms with Crippen molar-refractivity contribution < 1.29 is 10.3 Å². The van der Waals surface area contributed by atoms with Crippen LogP contribution >= 0.6 is 0 Å². The second-order valence-electron chi connectivity index (χ2n) is 4.53. The number of nitrogens with zero attached hydrogens (tertiary/aromatic N) is 1. The van der Waals surface area contributed by atoms with E-state index in [0.29, 0.717) is 6.42 Å². The Hall–Kier alpha value is -0.120. The van der Waals surface area contributed by atoms with Crippen molar-refractivity contribution in [2.24, 2.45) is 5.92 Å². The van der Waals surface area contributed by atoms with Gasteiger partial charge in [0.2, 0.25) is 0 Å². The van der Waals surface area contributed by atoms with Crippen LogP contribution in [-0.2, 0) is 0 Å². The summed E-state index contributed by atoms with van der Waals surface area (Å²) in [6, 6.07) is 0.0312. The second kappa shape index (κ2) is 2.98. The molecule has 3 unspecified atom stereocenters. The summed E-state index contributed by atoms with van der Waals surface area (Å²) in [6.45, 7) is 7.79. The van der Waals surface area contributed by atoms with Gasteiger partial charge in [0.1, 0.15) is 0 Å². The molecule has 0 aromatic rings. The van der Waals surface area contributed by atoms with Crippen molar-refractivity contribution in [1.29, 1.82) is 0 Å². The van der Waals surface area contributed by atoms with Gasteiger partial charge in [-0.1, -0.05) is 6.92 Å². The van der Waals surface area contributed by atoms with Gasteiger partial charge in [-0.25, -0.2) is 0 Å².